The number of fused-ring (bicyclic) bond motifs is 5. The minimum atomic E-state index is -2.28. The molecule has 3 fully saturated rings. The molecule has 3 saturated carbocycles. The highest BCUT2D eigenvalue weighted by Crippen LogP contribution is 2.72. The van der Waals surface area contributed by atoms with Gasteiger partial charge >= 0.3 is 0 Å². The molecule has 4 aliphatic rings. The molecule has 4 rings (SSSR count). The first-order valence-corrected chi connectivity index (χ1v) is 36.0. The minimum absolute atomic E-state index is 0.00730. The molecule has 0 aromatic heterocycles. The fraction of sp³-hybridized carbons (Fsp3) is 0.865. The Hall–Kier alpha value is -0.236. The van der Waals surface area contributed by atoms with Crippen LogP contribution < -0.4 is 0 Å². The maximum Gasteiger partial charge on any atom is 0.184 e. The second-order valence-electron chi connectivity index (χ2n) is 20.9. The van der Waals surface area contributed by atoms with E-state index in [0.29, 0.717) is 13.0 Å². The van der Waals surface area contributed by atoms with Crippen LogP contribution in [0, 0.1) is 22.7 Å². The van der Waals surface area contributed by atoms with Gasteiger partial charge in [-0.3, -0.25) is 0 Å². The van der Waals surface area contributed by atoms with Crippen LogP contribution in [-0.4, -0.2) is 90.6 Å². The van der Waals surface area contributed by atoms with Gasteiger partial charge in [0.25, 0.3) is 0 Å². The van der Waals surface area contributed by atoms with Gasteiger partial charge in [0.15, 0.2) is 47.3 Å². The Labute approximate surface area is 310 Å². The third kappa shape index (κ3) is 8.36. The summed E-state index contributed by atoms with van der Waals surface area (Å²) in [7, 11) is -9.20. The Bertz CT molecular complexity index is 1340. The molecule has 50 heavy (non-hydrogen) atoms. The lowest BCUT2D eigenvalue weighted by Crippen LogP contribution is -2.74. The smallest absolute Gasteiger partial charge is 0.184 e. The van der Waals surface area contributed by atoms with Crippen molar-refractivity contribution in [3.05, 3.63) is 23.8 Å². The third-order valence-electron chi connectivity index (χ3n) is 11.2. The molecule has 0 aliphatic heterocycles. The number of oxime groups is 1. The van der Waals surface area contributed by atoms with Crippen molar-refractivity contribution in [3.63, 3.8) is 0 Å². The Morgan fingerprint density at radius 3 is 1.88 bits per heavy atom. The fourth-order valence-corrected chi connectivity index (χ4v) is 15.3. The van der Waals surface area contributed by atoms with E-state index < -0.39 is 69.8 Å². The molecular weight excluding hydrogens is 714 g/mol. The van der Waals surface area contributed by atoms with Crippen LogP contribution in [0.1, 0.15) is 39.5 Å². The number of nitrogens with zero attached hydrogens (tertiary/aromatic N) is 1. The van der Waals surface area contributed by atoms with Crippen molar-refractivity contribution < 1.29 is 31.4 Å². The zero-order valence-corrected chi connectivity index (χ0v) is 39.9. The lowest BCUT2D eigenvalue weighted by molar-refractivity contribution is -0.234. The maximum atomic E-state index is 19.3. The highest BCUT2D eigenvalue weighted by Gasteiger charge is 2.78. The second kappa shape index (κ2) is 13.8. The van der Waals surface area contributed by atoms with Crippen LogP contribution in [0.2, 0.25) is 98.2 Å². The SMILES string of the molecule is CON=C1C=CC2(C)C(=C1)CCC1C3C[C@@H](O[Si](C)(C)C)[C@](O[Si](C)(C)C)(C(CO[Si](C)(C)C)O[Si](C)(C)C)C3(C)CC(O[Si](C)(C)C)[C@@]12F. The van der Waals surface area contributed by atoms with Crippen LogP contribution in [0.15, 0.2) is 29.0 Å². The summed E-state index contributed by atoms with van der Waals surface area (Å²) >= 11 is 0. The van der Waals surface area contributed by atoms with Gasteiger partial charge in [0.1, 0.15) is 18.4 Å². The molecular formula is C37H72FNO6Si5. The van der Waals surface area contributed by atoms with E-state index in [1.54, 1.807) is 7.11 Å². The molecule has 9 atom stereocenters. The zero-order valence-electron chi connectivity index (χ0n) is 34.9. The van der Waals surface area contributed by atoms with Crippen molar-refractivity contribution in [1.29, 1.82) is 0 Å². The van der Waals surface area contributed by atoms with Crippen LogP contribution in [-0.2, 0) is 27.0 Å². The standard InChI is InChI=1S/C37H72FNO6Si5/c1-34-22-21-28(39-40-3)23-27(34)19-20-29-30-24-31(42-47(7,8)9)37(45-50(16,17)18,33(44-49(13,14)15)26-41-46(4,5)6)35(30,2)25-32(36(29,34)38)43-48(10,11)12/h21-23,29-33H,19-20,24-26H2,1-18H3/t29?,30?,31-,32?,33?,34?,35?,36+,37+/m1/s1. The van der Waals surface area contributed by atoms with Gasteiger partial charge < -0.3 is 27.0 Å². The van der Waals surface area contributed by atoms with Gasteiger partial charge in [0.2, 0.25) is 0 Å². The summed E-state index contributed by atoms with van der Waals surface area (Å²) in [6, 6.07) is 0. The number of hydrogen-bond acceptors (Lipinski definition) is 7. The first kappa shape index (κ1) is 42.5. The van der Waals surface area contributed by atoms with Crippen molar-refractivity contribution in [2.75, 3.05) is 13.7 Å². The molecule has 0 saturated heterocycles. The first-order valence-electron chi connectivity index (χ1n) is 19.0. The lowest BCUT2D eigenvalue weighted by atomic mass is 9.44. The number of halogens is 1. The summed E-state index contributed by atoms with van der Waals surface area (Å²) in [5.74, 6) is -0.271. The fourth-order valence-electron chi connectivity index (χ4n) is 9.80. The largest absolute Gasteiger partial charge is 0.415 e. The van der Waals surface area contributed by atoms with Gasteiger partial charge in [-0.05, 0) is 149 Å². The van der Waals surface area contributed by atoms with Gasteiger partial charge in [-0.2, -0.15) is 0 Å². The van der Waals surface area contributed by atoms with E-state index in [2.05, 4.69) is 129 Å². The van der Waals surface area contributed by atoms with Gasteiger partial charge in [-0.25, -0.2) is 4.39 Å². The van der Waals surface area contributed by atoms with E-state index in [-0.39, 0.29) is 24.0 Å². The Morgan fingerprint density at radius 1 is 0.800 bits per heavy atom. The van der Waals surface area contributed by atoms with Crippen molar-refractivity contribution in [1.82, 2.24) is 0 Å². The molecule has 288 valence electrons. The molecule has 4 aliphatic carbocycles. The highest BCUT2D eigenvalue weighted by molar-refractivity contribution is 6.71. The van der Waals surface area contributed by atoms with Crippen LogP contribution in [0.5, 0.6) is 0 Å². The lowest BCUT2D eigenvalue weighted by Gasteiger charge is -2.66. The monoisotopic (exact) mass is 785 g/mol. The van der Waals surface area contributed by atoms with E-state index in [1.165, 1.54) is 0 Å². The van der Waals surface area contributed by atoms with Crippen molar-refractivity contribution in [3.8, 4) is 0 Å². The topological polar surface area (TPSA) is 67.7 Å². The number of allylic oxidation sites excluding steroid dienone is 4. The molecule has 0 aromatic rings. The van der Waals surface area contributed by atoms with Gasteiger partial charge in [0.05, 0.1) is 24.9 Å². The second-order valence-corrected chi connectivity index (χ2v) is 43.2. The summed E-state index contributed by atoms with van der Waals surface area (Å²) < 4.78 is 55.9. The molecule has 0 aromatic carbocycles. The van der Waals surface area contributed by atoms with Crippen molar-refractivity contribution in [2.24, 2.45) is 27.8 Å². The van der Waals surface area contributed by atoms with Gasteiger partial charge in [-0.15, -0.1) is 0 Å². The van der Waals surface area contributed by atoms with E-state index >= 15 is 4.39 Å². The molecule has 6 unspecified atom stereocenters. The number of hydrogen-bond donors (Lipinski definition) is 0. The molecule has 7 nitrogen and oxygen atoms in total. The molecule has 13 heteroatoms. The van der Waals surface area contributed by atoms with Gasteiger partial charge in [-0.1, -0.05) is 23.7 Å². The molecule has 0 spiro atoms. The van der Waals surface area contributed by atoms with E-state index in [4.69, 9.17) is 27.0 Å². The highest BCUT2D eigenvalue weighted by atomic mass is 28.4. The number of alkyl halides is 1. The van der Waals surface area contributed by atoms with Gasteiger partial charge in [0, 0.05) is 16.7 Å². The zero-order chi connectivity index (χ0) is 38.1. The number of rotatable bonds is 13. The van der Waals surface area contributed by atoms with Crippen LogP contribution in [0.3, 0.4) is 0 Å². The first-order chi connectivity index (χ1) is 22.4. The third-order valence-corrected chi connectivity index (χ3v) is 16.1. The van der Waals surface area contributed by atoms with Crippen molar-refractivity contribution >= 4 is 47.3 Å². The predicted octanol–water partition coefficient (Wildman–Crippen LogP) is 10.1. The molecule has 0 amide bonds. The molecule has 0 bridgehead atoms. The maximum absolute atomic E-state index is 19.3. The average Bonchev–Trinajstić information content (AvgIpc) is 3.11. The molecule has 0 N–H and O–H groups in total. The summed E-state index contributed by atoms with van der Waals surface area (Å²) in [5, 5.41) is 4.22. The molecule has 0 heterocycles. The minimum Gasteiger partial charge on any atom is -0.415 e. The Morgan fingerprint density at radius 2 is 1.38 bits per heavy atom. The summed E-state index contributed by atoms with van der Waals surface area (Å²) in [6.45, 7) is 38.7. The quantitative estimate of drug-likeness (QED) is 0.137. The summed E-state index contributed by atoms with van der Waals surface area (Å²) in [4.78, 5) is 5.14. The average molecular weight is 786 g/mol. The summed E-state index contributed by atoms with van der Waals surface area (Å²) in [5.41, 5.74) is -2.03. The Kier molecular flexibility index (Phi) is 11.7. The van der Waals surface area contributed by atoms with Crippen LogP contribution in [0.4, 0.5) is 4.39 Å². The summed E-state index contributed by atoms with van der Waals surface area (Å²) in [6.07, 6.45) is 7.57. The van der Waals surface area contributed by atoms with E-state index in [0.717, 1.165) is 30.5 Å². The van der Waals surface area contributed by atoms with E-state index in [9.17, 15) is 0 Å². The Balaban J connectivity index is 2.04. The molecule has 0 radical (unpaired) electrons. The van der Waals surface area contributed by atoms with E-state index in [1.807, 2.05) is 6.08 Å². The predicted molar refractivity (Wildman–Crippen MR) is 218 cm³/mol. The van der Waals surface area contributed by atoms with Crippen LogP contribution in [0.25, 0.3) is 0 Å². The normalized spacial score (nSPS) is 38.0. The van der Waals surface area contributed by atoms with Crippen LogP contribution >= 0.6 is 0 Å². The van der Waals surface area contributed by atoms with Crippen molar-refractivity contribution in [2.45, 2.75) is 167 Å².